The summed E-state index contributed by atoms with van der Waals surface area (Å²) >= 11 is 0. The second-order valence-electron chi connectivity index (χ2n) is 6.13. The Bertz CT molecular complexity index is 777. The molecule has 1 saturated heterocycles. The largest absolute Gasteiger partial charge is 0.478 e. The highest BCUT2D eigenvalue weighted by molar-refractivity contribution is 5.98. The van der Waals surface area contributed by atoms with Gasteiger partial charge in [0.2, 0.25) is 0 Å². The number of nitrogens with zero attached hydrogens (tertiary/aromatic N) is 3. The van der Waals surface area contributed by atoms with Gasteiger partial charge in [-0.2, -0.15) is 0 Å². The van der Waals surface area contributed by atoms with E-state index in [1.165, 1.54) is 12.3 Å². The van der Waals surface area contributed by atoms with Gasteiger partial charge in [0.05, 0.1) is 16.8 Å². The lowest BCUT2D eigenvalue weighted by molar-refractivity contribution is 0.0696. The van der Waals surface area contributed by atoms with Crippen molar-refractivity contribution in [2.24, 2.45) is 0 Å². The molecule has 2 aromatic rings. The predicted molar refractivity (Wildman–Crippen MR) is 95.1 cm³/mol. The molecule has 0 spiro atoms. The number of carboxylic acid groups (broad SMARTS) is 1. The number of hydrogen-bond acceptors (Lipinski definition) is 4. The van der Waals surface area contributed by atoms with Crippen LogP contribution in [0.2, 0.25) is 0 Å². The number of rotatable bonds is 3. The highest BCUT2D eigenvalue weighted by atomic mass is 16.4. The Morgan fingerprint density at radius 1 is 1.08 bits per heavy atom. The van der Waals surface area contributed by atoms with E-state index in [9.17, 15) is 9.59 Å². The molecule has 1 amide bonds. The molecule has 1 aromatic carbocycles. The summed E-state index contributed by atoms with van der Waals surface area (Å²) < 4.78 is 0. The van der Waals surface area contributed by atoms with Gasteiger partial charge in [0.1, 0.15) is 0 Å². The van der Waals surface area contributed by atoms with E-state index in [1.807, 2.05) is 18.2 Å². The molecule has 1 N–H and O–H groups in total. The number of hydrogen-bond donors (Lipinski definition) is 1. The number of amides is 1. The van der Waals surface area contributed by atoms with Crippen LogP contribution in [0.15, 0.2) is 42.6 Å². The van der Waals surface area contributed by atoms with Gasteiger partial charge in [-0.3, -0.25) is 9.78 Å². The second-order valence-corrected chi connectivity index (χ2v) is 6.13. The number of anilines is 1. The average molecular weight is 339 g/mol. The first-order chi connectivity index (χ1) is 12.1. The molecule has 0 unspecified atom stereocenters. The average Bonchev–Trinajstić information content (AvgIpc) is 2.88. The van der Waals surface area contributed by atoms with Gasteiger partial charge in [-0.1, -0.05) is 18.2 Å². The number of pyridine rings is 1. The highest BCUT2D eigenvalue weighted by Crippen LogP contribution is 2.18. The molecule has 6 heteroatoms. The molecule has 1 aliphatic heterocycles. The van der Waals surface area contributed by atoms with E-state index < -0.39 is 5.97 Å². The van der Waals surface area contributed by atoms with E-state index in [4.69, 9.17) is 5.11 Å². The Morgan fingerprint density at radius 3 is 2.56 bits per heavy atom. The first-order valence-electron chi connectivity index (χ1n) is 8.35. The van der Waals surface area contributed by atoms with Crippen LogP contribution >= 0.6 is 0 Å². The van der Waals surface area contributed by atoms with Gasteiger partial charge in [-0.15, -0.1) is 0 Å². The third-order valence-electron chi connectivity index (χ3n) is 4.47. The number of carboxylic acids is 1. The molecule has 0 aliphatic carbocycles. The summed E-state index contributed by atoms with van der Waals surface area (Å²) in [6.45, 7) is 4.62. The lowest BCUT2D eigenvalue weighted by Crippen LogP contribution is -2.35. The van der Waals surface area contributed by atoms with Gasteiger partial charge in [0, 0.05) is 38.1 Å². The topological polar surface area (TPSA) is 73.7 Å². The molecule has 2 heterocycles. The normalized spacial score (nSPS) is 14.9. The number of benzene rings is 1. The third kappa shape index (κ3) is 3.79. The van der Waals surface area contributed by atoms with E-state index in [-0.39, 0.29) is 11.5 Å². The minimum Gasteiger partial charge on any atom is -0.478 e. The van der Waals surface area contributed by atoms with Crippen LogP contribution in [0.25, 0.3) is 0 Å². The fourth-order valence-electron chi connectivity index (χ4n) is 3.05. The van der Waals surface area contributed by atoms with Crippen molar-refractivity contribution in [3.05, 3.63) is 59.4 Å². The summed E-state index contributed by atoms with van der Waals surface area (Å²) in [6, 6.07) is 11.6. The molecule has 0 atom stereocenters. The van der Waals surface area contributed by atoms with E-state index in [2.05, 4.69) is 22.0 Å². The van der Waals surface area contributed by atoms with Crippen molar-refractivity contribution in [1.82, 2.24) is 9.88 Å². The van der Waals surface area contributed by atoms with Crippen molar-refractivity contribution in [3.8, 4) is 0 Å². The Kier molecular flexibility index (Phi) is 4.97. The maximum atomic E-state index is 12.9. The van der Waals surface area contributed by atoms with Crippen LogP contribution in [-0.4, -0.2) is 53.0 Å². The van der Waals surface area contributed by atoms with Crippen molar-refractivity contribution >= 4 is 17.6 Å². The summed E-state index contributed by atoms with van der Waals surface area (Å²) in [7, 11) is 0. The van der Waals surface area contributed by atoms with E-state index in [1.54, 1.807) is 11.8 Å². The van der Waals surface area contributed by atoms with Crippen molar-refractivity contribution in [2.75, 3.05) is 31.1 Å². The maximum Gasteiger partial charge on any atom is 0.337 e. The smallest absolute Gasteiger partial charge is 0.337 e. The number of carbonyl (C=O) groups is 2. The fraction of sp³-hybridized carbons (Fsp3) is 0.316. The van der Waals surface area contributed by atoms with Gasteiger partial charge >= 0.3 is 5.97 Å². The van der Waals surface area contributed by atoms with Crippen molar-refractivity contribution < 1.29 is 14.7 Å². The lowest BCUT2D eigenvalue weighted by atomic mass is 10.1. The first-order valence-corrected chi connectivity index (χ1v) is 8.35. The van der Waals surface area contributed by atoms with Gasteiger partial charge in [-0.25, -0.2) is 4.79 Å². The van der Waals surface area contributed by atoms with Crippen molar-refractivity contribution in [2.45, 2.75) is 13.3 Å². The second kappa shape index (κ2) is 7.34. The molecule has 0 radical (unpaired) electrons. The molecule has 6 nitrogen and oxygen atoms in total. The minimum absolute atomic E-state index is 0.0367. The zero-order valence-corrected chi connectivity index (χ0v) is 14.2. The molecule has 1 aromatic heterocycles. The van der Waals surface area contributed by atoms with Crippen LogP contribution in [0.5, 0.6) is 0 Å². The summed E-state index contributed by atoms with van der Waals surface area (Å²) in [5, 5.41) is 9.13. The number of aryl methyl sites for hydroxylation is 1. The van der Waals surface area contributed by atoms with Crippen LogP contribution in [-0.2, 0) is 0 Å². The predicted octanol–water partition coefficient (Wildman–Crippen LogP) is 2.44. The molecule has 130 valence electrons. The maximum absolute atomic E-state index is 12.9. The van der Waals surface area contributed by atoms with Gasteiger partial charge in [0.25, 0.3) is 5.91 Å². The van der Waals surface area contributed by atoms with Crippen LogP contribution in [0.4, 0.5) is 5.69 Å². The minimum atomic E-state index is -1.08. The molecule has 0 saturated carbocycles. The van der Waals surface area contributed by atoms with E-state index >= 15 is 0 Å². The molecular formula is C19H21N3O3. The first kappa shape index (κ1) is 17.0. The molecule has 1 aliphatic rings. The van der Waals surface area contributed by atoms with Crippen LogP contribution in [0.1, 0.15) is 32.8 Å². The Labute approximate surface area is 146 Å². The van der Waals surface area contributed by atoms with E-state index in [0.717, 1.165) is 25.2 Å². The molecule has 25 heavy (non-hydrogen) atoms. The van der Waals surface area contributed by atoms with Crippen molar-refractivity contribution in [1.29, 1.82) is 0 Å². The molecule has 0 bridgehead atoms. The highest BCUT2D eigenvalue weighted by Gasteiger charge is 2.23. The Balaban J connectivity index is 1.75. The zero-order chi connectivity index (χ0) is 17.8. The monoisotopic (exact) mass is 339 g/mol. The van der Waals surface area contributed by atoms with Gasteiger partial charge < -0.3 is 14.9 Å². The zero-order valence-electron chi connectivity index (χ0n) is 14.2. The van der Waals surface area contributed by atoms with E-state index in [0.29, 0.717) is 24.3 Å². The fourth-order valence-corrected chi connectivity index (χ4v) is 3.05. The summed E-state index contributed by atoms with van der Waals surface area (Å²) in [6.07, 6.45) is 2.15. The Morgan fingerprint density at radius 2 is 1.84 bits per heavy atom. The molecule has 1 fully saturated rings. The van der Waals surface area contributed by atoms with Gasteiger partial charge in [0.15, 0.2) is 0 Å². The molecule has 3 rings (SSSR count). The standard InChI is InChI=1S/C19H21N3O3/c1-14-17(12-15(13-20-14)19(24)25)18(23)22-9-5-8-21(10-11-22)16-6-3-2-4-7-16/h2-4,6-7,12-13H,5,8-11H2,1H3,(H,24,25). The summed E-state index contributed by atoms with van der Waals surface area (Å²) in [5.74, 6) is -1.23. The van der Waals surface area contributed by atoms with Gasteiger partial charge in [-0.05, 0) is 31.5 Å². The lowest BCUT2D eigenvalue weighted by Gasteiger charge is -2.24. The van der Waals surface area contributed by atoms with Crippen LogP contribution < -0.4 is 4.90 Å². The van der Waals surface area contributed by atoms with Crippen LogP contribution in [0, 0.1) is 6.92 Å². The number of para-hydroxylation sites is 1. The van der Waals surface area contributed by atoms with Crippen LogP contribution in [0.3, 0.4) is 0 Å². The quantitative estimate of drug-likeness (QED) is 0.930. The van der Waals surface area contributed by atoms with Crippen molar-refractivity contribution in [3.63, 3.8) is 0 Å². The third-order valence-corrected chi connectivity index (χ3v) is 4.47. The number of aromatic nitrogens is 1. The number of aromatic carboxylic acids is 1. The molecular weight excluding hydrogens is 318 g/mol. The number of carbonyl (C=O) groups excluding carboxylic acids is 1. The summed E-state index contributed by atoms with van der Waals surface area (Å²) in [5.41, 5.74) is 2.12. The summed E-state index contributed by atoms with van der Waals surface area (Å²) in [4.78, 5) is 32.1. The SMILES string of the molecule is Cc1ncc(C(=O)O)cc1C(=O)N1CCCN(c2ccccc2)CC1. The Hall–Kier alpha value is -2.89.